The van der Waals surface area contributed by atoms with E-state index in [0.29, 0.717) is 6.04 Å². The molecule has 4 N–H and O–H groups in total. The third kappa shape index (κ3) is 8.08. The number of aromatic nitrogens is 2. The zero-order valence-electron chi connectivity index (χ0n) is 18.2. The predicted octanol–water partition coefficient (Wildman–Crippen LogP) is 3.51. The molecule has 0 spiro atoms. The van der Waals surface area contributed by atoms with Gasteiger partial charge < -0.3 is 21.1 Å². The molecule has 0 bridgehead atoms. The molecule has 2 aliphatic rings. The largest absolute Gasteiger partial charge is 0.379 e. The van der Waals surface area contributed by atoms with Gasteiger partial charge in [-0.1, -0.05) is 39.2 Å². The summed E-state index contributed by atoms with van der Waals surface area (Å²) in [4.78, 5) is 19.6. The lowest BCUT2D eigenvalue weighted by atomic mass is 9.95. The lowest BCUT2D eigenvalue weighted by Gasteiger charge is -2.23. The first-order chi connectivity index (χ1) is 14.7. The topological polar surface area (TPSA) is 102 Å². The Labute approximate surface area is 179 Å². The van der Waals surface area contributed by atoms with Gasteiger partial charge >= 0.3 is 0 Å². The summed E-state index contributed by atoms with van der Waals surface area (Å²) >= 11 is 0. The van der Waals surface area contributed by atoms with Gasteiger partial charge in [-0.25, -0.2) is 9.97 Å². The van der Waals surface area contributed by atoms with E-state index < -0.39 is 5.91 Å². The number of carbonyl (C=O) groups excluding carboxylic acids is 1. The molecule has 1 saturated heterocycles. The minimum atomic E-state index is -0.454. The second kappa shape index (κ2) is 13.7. The molecule has 2 aromatic rings. The van der Waals surface area contributed by atoms with Crippen molar-refractivity contribution in [1.29, 1.82) is 0 Å². The van der Waals surface area contributed by atoms with Crippen molar-refractivity contribution in [3.05, 3.63) is 36.2 Å². The third-order valence-electron chi connectivity index (χ3n) is 4.89. The van der Waals surface area contributed by atoms with Crippen LogP contribution in [-0.4, -0.2) is 48.2 Å². The number of anilines is 1. The van der Waals surface area contributed by atoms with Crippen LogP contribution >= 0.6 is 0 Å². The number of nitrogens with two attached hydrogens (primary N) is 1. The van der Waals surface area contributed by atoms with E-state index in [4.69, 9.17) is 10.5 Å². The third-order valence-corrected chi connectivity index (χ3v) is 4.89. The second-order valence-corrected chi connectivity index (χ2v) is 7.08. The SMILES string of the molecule is C1COCCN1.CC.NC(=O)/C=C/c1ccc2ncnc(NC3CCCCC3)c2c1. The lowest BCUT2D eigenvalue weighted by molar-refractivity contribution is -0.113. The molecule has 164 valence electrons. The Balaban J connectivity index is 0.000000340. The van der Waals surface area contributed by atoms with E-state index in [9.17, 15) is 4.79 Å². The smallest absolute Gasteiger partial charge is 0.241 e. The van der Waals surface area contributed by atoms with E-state index in [1.54, 1.807) is 12.4 Å². The van der Waals surface area contributed by atoms with Crippen LogP contribution in [0.25, 0.3) is 17.0 Å². The van der Waals surface area contributed by atoms with E-state index in [1.807, 2.05) is 32.0 Å². The van der Waals surface area contributed by atoms with Crippen LogP contribution in [0.5, 0.6) is 0 Å². The molecule has 1 saturated carbocycles. The fourth-order valence-corrected chi connectivity index (χ4v) is 3.43. The number of hydrogen-bond donors (Lipinski definition) is 3. The van der Waals surface area contributed by atoms with E-state index in [2.05, 4.69) is 20.6 Å². The molecule has 4 rings (SSSR count). The Morgan fingerprint density at radius 1 is 1.17 bits per heavy atom. The van der Waals surface area contributed by atoms with Gasteiger partial charge in [-0.05, 0) is 36.6 Å². The highest BCUT2D eigenvalue weighted by molar-refractivity contribution is 5.93. The molecule has 7 nitrogen and oxygen atoms in total. The Kier molecular flexibility index (Phi) is 10.8. The molecular weight excluding hydrogens is 378 g/mol. The number of rotatable bonds is 4. The fourth-order valence-electron chi connectivity index (χ4n) is 3.43. The predicted molar refractivity (Wildman–Crippen MR) is 123 cm³/mol. The van der Waals surface area contributed by atoms with Gasteiger partial charge in [-0.15, -0.1) is 0 Å². The minimum absolute atomic E-state index is 0.454. The molecule has 0 radical (unpaired) electrons. The van der Waals surface area contributed by atoms with Crippen LogP contribution in [-0.2, 0) is 9.53 Å². The molecule has 30 heavy (non-hydrogen) atoms. The summed E-state index contributed by atoms with van der Waals surface area (Å²) in [5.41, 5.74) is 6.95. The molecule has 2 fully saturated rings. The van der Waals surface area contributed by atoms with Crippen molar-refractivity contribution in [2.45, 2.75) is 52.0 Å². The number of fused-ring (bicyclic) bond motifs is 1. The van der Waals surface area contributed by atoms with Crippen LogP contribution < -0.4 is 16.4 Å². The van der Waals surface area contributed by atoms with Gasteiger partial charge in [0.15, 0.2) is 0 Å². The van der Waals surface area contributed by atoms with Crippen LogP contribution in [0.4, 0.5) is 5.82 Å². The summed E-state index contributed by atoms with van der Waals surface area (Å²) in [5, 5.41) is 7.68. The maximum absolute atomic E-state index is 10.9. The van der Waals surface area contributed by atoms with Gasteiger partial charge in [-0.2, -0.15) is 0 Å². The van der Waals surface area contributed by atoms with Crippen LogP contribution in [0.15, 0.2) is 30.6 Å². The van der Waals surface area contributed by atoms with Gasteiger partial charge in [-0.3, -0.25) is 4.79 Å². The summed E-state index contributed by atoms with van der Waals surface area (Å²) < 4.78 is 5.01. The van der Waals surface area contributed by atoms with Gasteiger partial charge in [0.05, 0.1) is 18.7 Å². The zero-order valence-corrected chi connectivity index (χ0v) is 18.2. The number of amides is 1. The maximum Gasteiger partial charge on any atom is 0.241 e. The van der Waals surface area contributed by atoms with Gasteiger partial charge in [0.1, 0.15) is 12.1 Å². The highest BCUT2D eigenvalue weighted by Crippen LogP contribution is 2.25. The number of ether oxygens (including phenoxy) is 1. The Hall–Kier alpha value is -2.51. The molecular formula is C23H35N5O2. The molecule has 1 amide bonds. The van der Waals surface area contributed by atoms with Gasteiger partial charge in [0.2, 0.25) is 5.91 Å². The summed E-state index contributed by atoms with van der Waals surface area (Å²) in [6.45, 7) is 7.83. The first-order valence-corrected chi connectivity index (χ1v) is 11.0. The molecule has 0 atom stereocenters. The standard InChI is InChI=1S/C17H20N4O.C4H9NO.C2H6/c18-16(22)9-7-12-6-8-15-14(10-12)17(20-11-19-15)21-13-4-2-1-3-5-13;1-3-6-4-2-5-1;1-2/h6-11,13H,1-5H2,(H2,18,22)(H,19,20,21);5H,1-4H2;1-2H3/b9-7+;;. The zero-order chi connectivity index (χ0) is 21.6. The fraction of sp³-hybridized carbons (Fsp3) is 0.522. The number of carbonyl (C=O) groups is 1. The van der Waals surface area contributed by atoms with Crippen molar-refractivity contribution in [3.8, 4) is 0 Å². The van der Waals surface area contributed by atoms with Crippen molar-refractivity contribution in [2.24, 2.45) is 5.73 Å². The molecule has 0 unspecified atom stereocenters. The summed E-state index contributed by atoms with van der Waals surface area (Å²) in [6, 6.07) is 6.32. The molecule has 1 aliphatic carbocycles. The summed E-state index contributed by atoms with van der Waals surface area (Å²) in [7, 11) is 0. The number of benzene rings is 1. The second-order valence-electron chi connectivity index (χ2n) is 7.08. The van der Waals surface area contributed by atoms with Crippen LogP contribution in [0.3, 0.4) is 0 Å². The highest BCUT2D eigenvalue weighted by atomic mass is 16.5. The van der Waals surface area contributed by atoms with Crippen LogP contribution in [0.2, 0.25) is 0 Å². The average molecular weight is 414 g/mol. The first kappa shape index (κ1) is 23.8. The van der Waals surface area contributed by atoms with Crippen molar-refractivity contribution < 1.29 is 9.53 Å². The molecule has 1 aliphatic heterocycles. The van der Waals surface area contributed by atoms with E-state index in [1.165, 1.54) is 38.2 Å². The Morgan fingerprint density at radius 3 is 2.50 bits per heavy atom. The van der Waals surface area contributed by atoms with Crippen molar-refractivity contribution in [1.82, 2.24) is 15.3 Å². The number of nitrogens with one attached hydrogen (secondary N) is 2. The Morgan fingerprint density at radius 2 is 1.90 bits per heavy atom. The molecule has 1 aromatic heterocycles. The van der Waals surface area contributed by atoms with E-state index in [0.717, 1.165) is 48.6 Å². The highest BCUT2D eigenvalue weighted by Gasteiger charge is 2.15. The summed E-state index contributed by atoms with van der Waals surface area (Å²) in [5.74, 6) is 0.413. The lowest BCUT2D eigenvalue weighted by Crippen LogP contribution is -2.30. The maximum atomic E-state index is 10.9. The quantitative estimate of drug-likeness (QED) is 0.663. The molecule has 1 aromatic carbocycles. The van der Waals surface area contributed by atoms with Crippen molar-refractivity contribution in [3.63, 3.8) is 0 Å². The molecule has 7 heteroatoms. The van der Waals surface area contributed by atoms with Crippen LogP contribution in [0, 0.1) is 0 Å². The van der Waals surface area contributed by atoms with Crippen LogP contribution in [0.1, 0.15) is 51.5 Å². The number of morpholine rings is 1. The van der Waals surface area contributed by atoms with E-state index in [-0.39, 0.29) is 0 Å². The normalized spacial score (nSPS) is 16.9. The average Bonchev–Trinajstić information content (AvgIpc) is 2.81. The van der Waals surface area contributed by atoms with Crippen molar-refractivity contribution in [2.75, 3.05) is 31.6 Å². The molecule has 2 heterocycles. The monoisotopic (exact) mass is 413 g/mol. The van der Waals surface area contributed by atoms with E-state index >= 15 is 0 Å². The van der Waals surface area contributed by atoms with Gasteiger partial charge in [0, 0.05) is 30.6 Å². The number of nitrogens with zero attached hydrogens (tertiary/aromatic N) is 2. The first-order valence-electron chi connectivity index (χ1n) is 11.0. The minimum Gasteiger partial charge on any atom is -0.379 e. The summed E-state index contributed by atoms with van der Waals surface area (Å²) in [6.07, 6.45) is 10.9. The number of primary amides is 1. The van der Waals surface area contributed by atoms with Gasteiger partial charge in [0.25, 0.3) is 0 Å². The van der Waals surface area contributed by atoms with Crippen molar-refractivity contribution >= 4 is 28.7 Å². The Bertz CT molecular complexity index is 788. The number of hydrogen-bond acceptors (Lipinski definition) is 6.